The Labute approximate surface area is 131 Å². The fourth-order valence-electron chi connectivity index (χ4n) is 3.91. The predicted molar refractivity (Wildman–Crippen MR) is 86.2 cm³/mol. The van der Waals surface area contributed by atoms with E-state index in [1.807, 2.05) is 0 Å². The zero-order valence-electron chi connectivity index (χ0n) is 13.1. The van der Waals surface area contributed by atoms with Crippen LogP contribution in [0.25, 0.3) is 0 Å². The number of para-hydroxylation sites is 1. The van der Waals surface area contributed by atoms with E-state index in [1.54, 1.807) is 18.2 Å². The number of likely N-dealkylation sites (tertiary alicyclic amines) is 1. The molecule has 1 aromatic rings. The number of halogens is 1. The van der Waals surface area contributed by atoms with E-state index in [2.05, 4.69) is 10.2 Å². The van der Waals surface area contributed by atoms with Crippen LogP contribution in [-0.2, 0) is 4.79 Å². The van der Waals surface area contributed by atoms with Crippen molar-refractivity contribution in [2.75, 3.05) is 25.0 Å². The van der Waals surface area contributed by atoms with E-state index in [1.165, 1.54) is 38.2 Å². The van der Waals surface area contributed by atoms with Gasteiger partial charge in [-0.2, -0.15) is 0 Å². The van der Waals surface area contributed by atoms with E-state index >= 15 is 0 Å². The molecule has 0 aromatic heterocycles. The molecule has 1 aromatic carbocycles. The monoisotopic (exact) mass is 304 g/mol. The molecule has 1 aliphatic carbocycles. The van der Waals surface area contributed by atoms with E-state index < -0.39 is 0 Å². The molecule has 0 bridgehead atoms. The Kier molecular flexibility index (Phi) is 5.08. The quantitative estimate of drug-likeness (QED) is 0.920. The van der Waals surface area contributed by atoms with Crippen molar-refractivity contribution in [3.8, 4) is 0 Å². The maximum atomic E-state index is 13.5. The lowest BCUT2D eigenvalue weighted by Crippen LogP contribution is -2.42. The van der Waals surface area contributed by atoms with E-state index in [0.717, 1.165) is 31.5 Å². The van der Waals surface area contributed by atoms with Crippen LogP contribution in [0.15, 0.2) is 24.3 Å². The number of piperidine rings is 1. The topological polar surface area (TPSA) is 32.3 Å². The maximum Gasteiger partial charge on any atom is 0.225 e. The highest BCUT2D eigenvalue weighted by Crippen LogP contribution is 2.35. The first kappa shape index (κ1) is 15.5. The van der Waals surface area contributed by atoms with Crippen molar-refractivity contribution in [3.05, 3.63) is 30.1 Å². The zero-order chi connectivity index (χ0) is 15.4. The van der Waals surface area contributed by atoms with Gasteiger partial charge in [0, 0.05) is 19.5 Å². The molecule has 4 heteroatoms. The first-order valence-corrected chi connectivity index (χ1v) is 8.49. The Morgan fingerprint density at radius 1 is 1.18 bits per heavy atom. The van der Waals surface area contributed by atoms with Gasteiger partial charge in [0.05, 0.1) is 5.69 Å². The average Bonchev–Trinajstić information content (AvgIpc) is 2.55. The standard InChI is InChI=1S/C18H25FN2O/c19-16-7-3-4-8-17(16)20-18(22)10-12-21-11-9-14-5-1-2-6-15(14)13-21/h3-4,7-8,14-15H,1-2,5-6,9-13H2,(H,20,22). The Bertz CT molecular complexity index is 520. The number of nitrogens with zero attached hydrogens (tertiary/aromatic N) is 1. The molecule has 0 spiro atoms. The van der Waals surface area contributed by atoms with Crippen LogP contribution < -0.4 is 5.32 Å². The molecular weight excluding hydrogens is 279 g/mol. The molecule has 2 atom stereocenters. The average molecular weight is 304 g/mol. The third kappa shape index (κ3) is 3.86. The summed E-state index contributed by atoms with van der Waals surface area (Å²) in [7, 11) is 0. The number of fused-ring (bicyclic) bond motifs is 1. The minimum Gasteiger partial charge on any atom is -0.324 e. The lowest BCUT2D eigenvalue weighted by Gasteiger charge is -2.41. The summed E-state index contributed by atoms with van der Waals surface area (Å²) >= 11 is 0. The number of amides is 1. The van der Waals surface area contributed by atoms with Gasteiger partial charge < -0.3 is 10.2 Å². The van der Waals surface area contributed by atoms with Gasteiger partial charge in [0.25, 0.3) is 0 Å². The van der Waals surface area contributed by atoms with Crippen molar-refractivity contribution in [2.45, 2.75) is 38.5 Å². The van der Waals surface area contributed by atoms with Gasteiger partial charge in [-0.3, -0.25) is 4.79 Å². The third-order valence-corrected chi connectivity index (χ3v) is 5.18. The summed E-state index contributed by atoms with van der Waals surface area (Å²) in [5.41, 5.74) is 0.276. The summed E-state index contributed by atoms with van der Waals surface area (Å²) in [6.07, 6.45) is 7.22. The second-order valence-electron chi connectivity index (χ2n) is 6.67. The number of carbonyl (C=O) groups is 1. The normalized spacial score (nSPS) is 25.5. The van der Waals surface area contributed by atoms with Gasteiger partial charge >= 0.3 is 0 Å². The van der Waals surface area contributed by atoms with Crippen molar-refractivity contribution in [1.29, 1.82) is 0 Å². The molecule has 3 rings (SSSR count). The van der Waals surface area contributed by atoms with Gasteiger partial charge in [-0.1, -0.05) is 31.4 Å². The van der Waals surface area contributed by atoms with Gasteiger partial charge in [-0.05, 0) is 43.4 Å². The first-order chi connectivity index (χ1) is 10.7. The molecule has 2 fully saturated rings. The highest BCUT2D eigenvalue weighted by Gasteiger charge is 2.30. The molecule has 2 aliphatic rings. The van der Waals surface area contributed by atoms with Crippen LogP contribution in [0.4, 0.5) is 10.1 Å². The molecule has 2 unspecified atom stereocenters. The first-order valence-electron chi connectivity index (χ1n) is 8.49. The van der Waals surface area contributed by atoms with E-state index in [4.69, 9.17) is 0 Å². The van der Waals surface area contributed by atoms with Crippen molar-refractivity contribution >= 4 is 11.6 Å². The van der Waals surface area contributed by atoms with Crippen LogP contribution in [0.1, 0.15) is 38.5 Å². The highest BCUT2D eigenvalue weighted by atomic mass is 19.1. The molecule has 3 nitrogen and oxygen atoms in total. The number of nitrogens with one attached hydrogen (secondary N) is 1. The minimum atomic E-state index is -0.376. The Hall–Kier alpha value is -1.42. The summed E-state index contributed by atoms with van der Waals surface area (Å²) in [6.45, 7) is 3.02. The smallest absolute Gasteiger partial charge is 0.225 e. The largest absolute Gasteiger partial charge is 0.324 e. The predicted octanol–water partition coefficient (Wildman–Crippen LogP) is 3.67. The Balaban J connectivity index is 1.44. The molecule has 1 saturated carbocycles. The zero-order valence-corrected chi connectivity index (χ0v) is 13.1. The number of anilines is 1. The second-order valence-corrected chi connectivity index (χ2v) is 6.67. The van der Waals surface area contributed by atoms with Crippen LogP contribution in [0.2, 0.25) is 0 Å². The van der Waals surface area contributed by atoms with Gasteiger partial charge in [-0.15, -0.1) is 0 Å². The lowest BCUT2D eigenvalue weighted by atomic mass is 9.75. The fourth-order valence-corrected chi connectivity index (χ4v) is 3.91. The van der Waals surface area contributed by atoms with Crippen molar-refractivity contribution in [3.63, 3.8) is 0 Å². The molecule has 1 amide bonds. The van der Waals surface area contributed by atoms with E-state index in [0.29, 0.717) is 6.42 Å². The maximum absolute atomic E-state index is 13.5. The van der Waals surface area contributed by atoms with Crippen molar-refractivity contribution in [2.24, 2.45) is 11.8 Å². The Morgan fingerprint density at radius 2 is 1.95 bits per heavy atom. The van der Waals surface area contributed by atoms with Crippen LogP contribution in [0, 0.1) is 17.7 Å². The van der Waals surface area contributed by atoms with Crippen LogP contribution in [-0.4, -0.2) is 30.4 Å². The highest BCUT2D eigenvalue weighted by molar-refractivity contribution is 5.90. The molecule has 120 valence electrons. The molecule has 0 radical (unpaired) electrons. The summed E-state index contributed by atoms with van der Waals surface area (Å²) in [5.74, 6) is 1.27. The van der Waals surface area contributed by atoms with Gasteiger partial charge in [0.15, 0.2) is 0 Å². The number of hydrogen-bond donors (Lipinski definition) is 1. The van der Waals surface area contributed by atoms with Crippen LogP contribution in [0.3, 0.4) is 0 Å². The number of hydrogen-bond acceptors (Lipinski definition) is 2. The number of carbonyl (C=O) groups excluding carboxylic acids is 1. The summed E-state index contributed by atoms with van der Waals surface area (Å²) < 4.78 is 13.5. The molecule has 1 N–H and O–H groups in total. The summed E-state index contributed by atoms with van der Waals surface area (Å²) in [5, 5.41) is 2.67. The summed E-state index contributed by atoms with van der Waals surface area (Å²) in [4.78, 5) is 14.4. The lowest BCUT2D eigenvalue weighted by molar-refractivity contribution is -0.116. The van der Waals surface area contributed by atoms with Gasteiger partial charge in [-0.25, -0.2) is 4.39 Å². The fraction of sp³-hybridized carbons (Fsp3) is 0.611. The SMILES string of the molecule is O=C(CCN1CCC2CCCCC2C1)Nc1ccccc1F. The minimum absolute atomic E-state index is 0.101. The molecule has 1 saturated heterocycles. The summed E-state index contributed by atoms with van der Waals surface area (Å²) in [6, 6.07) is 6.32. The van der Waals surface area contributed by atoms with E-state index in [9.17, 15) is 9.18 Å². The molecule has 22 heavy (non-hydrogen) atoms. The number of rotatable bonds is 4. The van der Waals surface area contributed by atoms with Crippen LogP contribution >= 0.6 is 0 Å². The van der Waals surface area contributed by atoms with Gasteiger partial charge in [0.2, 0.25) is 5.91 Å². The second kappa shape index (κ2) is 7.23. The van der Waals surface area contributed by atoms with Crippen molar-refractivity contribution in [1.82, 2.24) is 4.90 Å². The molecule has 1 aliphatic heterocycles. The van der Waals surface area contributed by atoms with Crippen molar-refractivity contribution < 1.29 is 9.18 Å². The van der Waals surface area contributed by atoms with E-state index in [-0.39, 0.29) is 17.4 Å². The number of benzene rings is 1. The van der Waals surface area contributed by atoms with Gasteiger partial charge in [0.1, 0.15) is 5.82 Å². The molecule has 1 heterocycles. The third-order valence-electron chi connectivity index (χ3n) is 5.18. The Morgan fingerprint density at radius 3 is 2.77 bits per heavy atom. The van der Waals surface area contributed by atoms with Crippen LogP contribution in [0.5, 0.6) is 0 Å². The molecular formula is C18H25FN2O.